The summed E-state index contributed by atoms with van der Waals surface area (Å²) in [6.07, 6.45) is -3.45. The highest BCUT2D eigenvalue weighted by molar-refractivity contribution is 5.81. The van der Waals surface area contributed by atoms with Crippen LogP contribution in [0.2, 0.25) is 0 Å². The largest absolute Gasteiger partial charge is 0.481 e. The van der Waals surface area contributed by atoms with Gasteiger partial charge >= 0.3 is 6.18 Å². The summed E-state index contributed by atoms with van der Waals surface area (Å²) < 4.78 is 43.6. The minimum atomic E-state index is -4.44. The van der Waals surface area contributed by atoms with Crippen LogP contribution < -0.4 is 4.74 Å². The molecule has 132 valence electrons. The molecule has 0 aliphatic carbocycles. The number of piperazine rings is 1. The van der Waals surface area contributed by atoms with Gasteiger partial charge in [-0.25, -0.2) is 0 Å². The summed E-state index contributed by atoms with van der Waals surface area (Å²) in [5, 5.41) is 0. The lowest BCUT2D eigenvalue weighted by Gasteiger charge is -2.35. The third-order valence-corrected chi connectivity index (χ3v) is 3.89. The Kier molecular flexibility index (Phi) is 5.88. The van der Waals surface area contributed by atoms with E-state index in [2.05, 4.69) is 11.5 Å². The van der Waals surface area contributed by atoms with Crippen LogP contribution in [0.25, 0.3) is 0 Å². The van der Waals surface area contributed by atoms with Crippen molar-refractivity contribution < 1.29 is 22.7 Å². The van der Waals surface area contributed by atoms with Crippen molar-refractivity contribution in [1.82, 2.24) is 9.80 Å². The Morgan fingerprint density at radius 3 is 2.58 bits per heavy atom. The third-order valence-electron chi connectivity index (χ3n) is 3.89. The van der Waals surface area contributed by atoms with Crippen molar-refractivity contribution in [2.75, 3.05) is 32.7 Å². The zero-order chi connectivity index (χ0) is 17.7. The summed E-state index contributed by atoms with van der Waals surface area (Å²) in [6, 6.07) is 4.56. The zero-order valence-electron chi connectivity index (χ0n) is 13.6. The maximum absolute atomic E-state index is 12.7. The van der Waals surface area contributed by atoms with E-state index in [0.717, 1.165) is 31.8 Å². The number of alkyl halides is 3. The number of rotatable bonds is 5. The third kappa shape index (κ3) is 4.74. The Hall–Kier alpha value is -2.02. The average Bonchev–Trinajstić information content (AvgIpc) is 2.54. The van der Waals surface area contributed by atoms with Gasteiger partial charge in [-0.3, -0.25) is 9.69 Å². The summed E-state index contributed by atoms with van der Waals surface area (Å²) in [5.41, 5.74) is -0.794. The van der Waals surface area contributed by atoms with Gasteiger partial charge in [0, 0.05) is 32.7 Å². The highest BCUT2D eigenvalue weighted by Gasteiger charge is 2.31. The number of ether oxygens (including phenoxy) is 1. The molecular weight excluding hydrogens is 321 g/mol. The van der Waals surface area contributed by atoms with Crippen molar-refractivity contribution in [2.45, 2.75) is 19.2 Å². The molecule has 1 aliphatic heterocycles. The number of halogens is 3. The molecule has 1 aromatic rings. The fourth-order valence-electron chi connectivity index (χ4n) is 2.59. The van der Waals surface area contributed by atoms with E-state index in [1.54, 1.807) is 11.8 Å². The lowest BCUT2D eigenvalue weighted by Crippen LogP contribution is -2.51. The summed E-state index contributed by atoms with van der Waals surface area (Å²) in [7, 11) is 0. The highest BCUT2D eigenvalue weighted by atomic mass is 19.4. The van der Waals surface area contributed by atoms with E-state index in [1.165, 1.54) is 12.1 Å². The Labute approximate surface area is 139 Å². The van der Waals surface area contributed by atoms with Crippen LogP contribution in [0.3, 0.4) is 0 Å². The molecule has 24 heavy (non-hydrogen) atoms. The molecular formula is C17H21F3N2O2. The van der Waals surface area contributed by atoms with Gasteiger partial charge in [0.05, 0.1) is 5.56 Å². The van der Waals surface area contributed by atoms with Gasteiger partial charge in [0.25, 0.3) is 5.91 Å². The summed E-state index contributed by atoms with van der Waals surface area (Å²) >= 11 is 0. The van der Waals surface area contributed by atoms with Gasteiger partial charge in [-0.1, -0.05) is 12.1 Å². The SMILES string of the molecule is C=CCN1CCN(C(=O)[C@H](C)Oc2cccc(C(F)(F)F)c2)CC1. The van der Waals surface area contributed by atoms with Crippen molar-refractivity contribution in [3.63, 3.8) is 0 Å². The van der Waals surface area contributed by atoms with E-state index in [-0.39, 0.29) is 11.7 Å². The van der Waals surface area contributed by atoms with Gasteiger partial charge in [-0.2, -0.15) is 13.2 Å². The minimum absolute atomic E-state index is 0.0379. The number of carbonyl (C=O) groups excluding carboxylic acids is 1. The van der Waals surface area contributed by atoms with E-state index in [1.807, 2.05) is 6.08 Å². The molecule has 0 N–H and O–H groups in total. The monoisotopic (exact) mass is 342 g/mol. The van der Waals surface area contributed by atoms with Gasteiger partial charge < -0.3 is 9.64 Å². The number of hydrogen-bond acceptors (Lipinski definition) is 3. The second kappa shape index (κ2) is 7.70. The van der Waals surface area contributed by atoms with E-state index in [4.69, 9.17) is 4.74 Å². The Morgan fingerprint density at radius 2 is 2.00 bits per heavy atom. The number of benzene rings is 1. The topological polar surface area (TPSA) is 32.8 Å². The summed E-state index contributed by atoms with van der Waals surface area (Å²) in [5.74, 6) is -0.179. The van der Waals surface area contributed by atoms with Crippen LogP contribution >= 0.6 is 0 Å². The molecule has 1 aromatic carbocycles. The Balaban J connectivity index is 1.94. The molecule has 1 saturated heterocycles. The molecule has 0 saturated carbocycles. The highest BCUT2D eigenvalue weighted by Crippen LogP contribution is 2.31. The van der Waals surface area contributed by atoms with Crippen LogP contribution in [-0.4, -0.2) is 54.5 Å². The van der Waals surface area contributed by atoms with Gasteiger partial charge in [-0.15, -0.1) is 6.58 Å². The molecule has 1 amide bonds. The number of nitrogens with zero attached hydrogens (tertiary/aromatic N) is 2. The van der Waals surface area contributed by atoms with Crippen molar-refractivity contribution in [3.8, 4) is 5.75 Å². The first-order valence-corrected chi connectivity index (χ1v) is 7.77. The fraction of sp³-hybridized carbons (Fsp3) is 0.471. The first kappa shape index (κ1) is 18.3. The van der Waals surface area contributed by atoms with E-state index in [0.29, 0.717) is 13.1 Å². The molecule has 0 unspecified atom stereocenters. The first-order chi connectivity index (χ1) is 11.3. The molecule has 7 heteroatoms. The van der Waals surface area contributed by atoms with Crippen LogP contribution in [0.4, 0.5) is 13.2 Å². The molecule has 0 aromatic heterocycles. The zero-order valence-corrected chi connectivity index (χ0v) is 13.6. The van der Waals surface area contributed by atoms with E-state index >= 15 is 0 Å². The smallest absolute Gasteiger partial charge is 0.416 e. The summed E-state index contributed by atoms with van der Waals surface area (Å²) in [6.45, 7) is 8.65. The number of hydrogen-bond donors (Lipinski definition) is 0. The van der Waals surface area contributed by atoms with Crippen molar-refractivity contribution in [2.24, 2.45) is 0 Å². The molecule has 1 aliphatic rings. The predicted octanol–water partition coefficient (Wildman–Crippen LogP) is 2.80. The van der Waals surface area contributed by atoms with Crippen molar-refractivity contribution in [3.05, 3.63) is 42.5 Å². The molecule has 0 bridgehead atoms. The van der Waals surface area contributed by atoms with Crippen LogP contribution in [0.1, 0.15) is 12.5 Å². The first-order valence-electron chi connectivity index (χ1n) is 7.77. The molecule has 0 radical (unpaired) electrons. The van der Waals surface area contributed by atoms with E-state index in [9.17, 15) is 18.0 Å². The molecule has 1 heterocycles. The molecule has 1 fully saturated rings. The lowest BCUT2D eigenvalue weighted by molar-refractivity contribution is -0.139. The van der Waals surface area contributed by atoms with Gasteiger partial charge in [0.15, 0.2) is 6.10 Å². The summed E-state index contributed by atoms with van der Waals surface area (Å²) in [4.78, 5) is 16.2. The van der Waals surface area contributed by atoms with Crippen LogP contribution in [0.5, 0.6) is 5.75 Å². The van der Waals surface area contributed by atoms with Gasteiger partial charge in [-0.05, 0) is 25.1 Å². The van der Waals surface area contributed by atoms with E-state index < -0.39 is 17.8 Å². The maximum atomic E-state index is 12.7. The predicted molar refractivity (Wildman–Crippen MR) is 84.8 cm³/mol. The van der Waals surface area contributed by atoms with Gasteiger partial charge in [0.1, 0.15) is 5.75 Å². The van der Waals surface area contributed by atoms with Crippen molar-refractivity contribution in [1.29, 1.82) is 0 Å². The second-order valence-electron chi connectivity index (χ2n) is 5.70. The van der Waals surface area contributed by atoms with Crippen LogP contribution in [-0.2, 0) is 11.0 Å². The minimum Gasteiger partial charge on any atom is -0.481 e. The fourth-order valence-corrected chi connectivity index (χ4v) is 2.59. The van der Waals surface area contributed by atoms with Crippen molar-refractivity contribution >= 4 is 5.91 Å². The molecule has 0 spiro atoms. The number of carbonyl (C=O) groups is 1. The molecule has 1 atom stereocenters. The Morgan fingerprint density at radius 1 is 1.33 bits per heavy atom. The maximum Gasteiger partial charge on any atom is 0.416 e. The lowest BCUT2D eigenvalue weighted by atomic mass is 10.2. The Bertz CT molecular complexity index is 581. The van der Waals surface area contributed by atoms with Crippen LogP contribution in [0, 0.1) is 0 Å². The molecule has 2 rings (SSSR count). The normalized spacial score (nSPS) is 17.4. The number of amides is 1. The second-order valence-corrected chi connectivity index (χ2v) is 5.70. The molecule has 4 nitrogen and oxygen atoms in total. The quantitative estimate of drug-likeness (QED) is 0.772. The van der Waals surface area contributed by atoms with Gasteiger partial charge in [0.2, 0.25) is 0 Å². The standard InChI is InChI=1S/C17H21F3N2O2/c1-3-7-21-8-10-22(11-9-21)16(23)13(2)24-15-6-4-5-14(12-15)17(18,19)20/h3-6,12-13H,1,7-11H2,2H3/t13-/m0/s1. The average molecular weight is 342 g/mol. The van der Waals surface area contributed by atoms with Crippen LogP contribution in [0.15, 0.2) is 36.9 Å².